The highest BCUT2D eigenvalue weighted by molar-refractivity contribution is 5.88. The van der Waals surface area contributed by atoms with Gasteiger partial charge in [0.15, 0.2) is 0 Å². The maximum atomic E-state index is 13.4. The van der Waals surface area contributed by atoms with E-state index in [1.54, 1.807) is 13.2 Å². The Labute approximate surface area is 117 Å². The van der Waals surface area contributed by atoms with Crippen molar-refractivity contribution < 1.29 is 9.13 Å². The Bertz CT molecular complexity index is 605. The summed E-state index contributed by atoms with van der Waals surface area (Å²) < 4.78 is 18.8. The lowest BCUT2D eigenvalue weighted by molar-refractivity contribution is 0.0669. The van der Waals surface area contributed by atoms with Crippen LogP contribution in [0.1, 0.15) is 25.7 Å². The Morgan fingerprint density at radius 1 is 1.30 bits per heavy atom. The van der Waals surface area contributed by atoms with E-state index in [4.69, 9.17) is 4.74 Å². The van der Waals surface area contributed by atoms with Gasteiger partial charge in [-0.2, -0.15) is 0 Å². The number of aromatic nitrogens is 2. The first-order valence-electron chi connectivity index (χ1n) is 6.96. The summed E-state index contributed by atoms with van der Waals surface area (Å²) in [6, 6.07) is 4.89. The Morgan fingerprint density at radius 2 is 2.20 bits per heavy atom. The summed E-state index contributed by atoms with van der Waals surface area (Å²) in [6.45, 7) is 0. The number of hydrogen-bond donors (Lipinski definition) is 1. The van der Waals surface area contributed by atoms with Crippen LogP contribution >= 0.6 is 0 Å². The van der Waals surface area contributed by atoms with Gasteiger partial charge in [-0.15, -0.1) is 0 Å². The number of nitrogens with zero attached hydrogens (tertiary/aromatic N) is 2. The van der Waals surface area contributed by atoms with Crippen LogP contribution in [0.2, 0.25) is 0 Å². The van der Waals surface area contributed by atoms with Crippen LogP contribution in [0.15, 0.2) is 24.5 Å². The van der Waals surface area contributed by atoms with E-state index in [1.165, 1.54) is 18.5 Å². The molecule has 1 aromatic carbocycles. The van der Waals surface area contributed by atoms with E-state index in [0.29, 0.717) is 18.0 Å². The molecule has 1 aliphatic carbocycles. The molecule has 106 valence electrons. The summed E-state index contributed by atoms with van der Waals surface area (Å²) in [5.41, 5.74) is 0.753. The number of methoxy groups -OCH3 is 1. The molecule has 0 aliphatic heterocycles. The van der Waals surface area contributed by atoms with Crippen molar-refractivity contribution in [2.75, 3.05) is 12.4 Å². The molecule has 0 amide bonds. The highest BCUT2D eigenvalue weighted by Gasteiger charge is 2.22. The van der Waals surface area contributed by atoms with Gasteiger partial charge in [0.25, 0.3) is 0 Å². The lowest BCUT2D eigenvalue weighted by Crippen LogP contribution is -2.31. The van der Waals surface area contributed by atoms with Gasteiger partial charge in [0.2, 0.25) is 0 Å². The molecule has 1 N–H and O–H groups in total. The van der Waals surface area contributed by atoms with Crippen LogP contribution in [-0.2, 0) is 4.74 Å². The Morgan fingerprint density at radius 3 is 3.05 bits per heavy atom. The van der Waals surface area contributed by atoms with E-state index < -0.39 is 0 Å². The van der Waals surface area contributed by atoms with Gasteiger partial charge < -0.3 is 10.1 Å². The topological polar surface area (TPSA) is 47.0 Å². The molecule has 1 heterocycles. The van der Waals surface area contributed by atoms with Gasteiger partial charge in [0.05, 0.1) is 11.6 Å². The van der Waals surface area contributed by atoms with E-state index >= 15 is 0 Å². The smallest absolute Gasteiger partial charge is 0.137 e. The van der Waals surface area contributed by atoms with E-state index in [0.717, 1.165) is 36.6 Å². The van der Waals surface area contributed by atoms with Gasteiger partial charge in [0.1, 0.15) is 18.0 Å². The van der Waals surface area contributed by atoms with Crippen LogP contribution in [0, 0.1) is 5.82 Å². The summed E-state index contributed by atoms with van der Waals surface area (Å²) in [7, 11) is 1.75. The molecule has 1 saturated carbocycles. The van der Waals surface area contributed by atoms with Crippen molar-refractivity contribution in [1.82, 2.24) is 9.97 Å². The molecule has 5 heteroatoms. The first-order chi connectivity index (χ1) is 9.76. The summed E-state index contributed by atoms with van der Waals surface area (Å²) >= 11 is 0. The highest BCUT2D eigenvalue weighted by atomic mass is 19.1. The molecule has 2 atom stereocenters. The molecule has 1 aliphatic rings. The molecule has 2 aromatic rings. The number of benzene rings is 1. The minimum absolute atomic E-state index is 0.270. The fourth-order valence-corrected chi connectivity index (χ4v) is 2.83. The fourth-order valence-electron chi connectivity index (χ4n) is 2.83. The number of fused-ring (bicyclic) bond motifs is 1. The molecular weight excluding hydrogens is 257 g/mol. The maximum Gasteiger partial charge on any atom is 0.137 e. The van der Waals surface area contributed by atoms with Crippen molar-refractivity contribution in [3.8, 4) is 0 Å². The number of ether oxygens (including phenoxy) is 1. The Kier molecular flexibility index (Phi) is 3.78. The van der Waals surface area contributed by atoms with Gasteiger partial charge >= 0.3 is 0 Å². The average molecular weight is 275 g/mol. The second-order valence-corrected chi connectivity index (χ2v) is 5.25. The molecule has 1 fully saturated rings. The molecule has 0 radical (unpaired) electrons. The second kappa shape index (κ2) is 5.71. The van der Waals surface area contributed by atoms with Crippen molar-refractivity contribution in [3.05, 3.63) is 30.3 Å². The highest BCUT2D eigenvalue weighted by Crippen LogP contribution is 2.26. The molecule has 0 bridgehead atoms. The lowest BCUT2D eigenvalue weighted by atomic mass is 9.93. The average Bonchev–Trinajstić information content (AvgIpc) is 2.48. The van der Waals surface area contributed by atoms with Crippen LogP contribution in [0.5, 0.6) is 0 Å². The molecule has 4 nitrogen and oxygen atoms in total. The minimum atomic E-state index is -0.270. The van der Waals surface area contributed by atoms with E-state index in [1.807, 2.05) is 0 Å². The summed E-state index contributed by atoms with van der Waals surface area (Å²) in [4.78, 5) is 8.43. The number of nitrogens with one attached hydrogen (secondary N) is 1. The van der Waals surface area contributed by atoms with Crippen LogP contribution in [0.25, 0.3) is 10.9 Å². The van der Waals surface area contributed by atoms with Gasteiger partial charge in [0, 0.05) is 18.5 Å². The fraction of sp³-hybridized carbons (Fsp3) is 0.467. The zero-order valence-electron chi connectivity index (χ0n) is 11.5. The normalized spacial score (nSPS) is 22.9. The largest absolute Gasteiger partial charge is 0.381 e. The van der Waals surface area contributed by atoms with E-state index in [2.05, 4.69) is 15.3 Å². The van der Waals surface area contributed by atoms with Gasteiger partial charge in [-0.25, -0.2) is 14.4 Å². The zero-order valence-corrected chi connectivity index (χ0v) is 11.5. The molecule has 2 unspecified atom stereocenters. The maximum absolute atomic E-state index is 13.4. The third-order valence-electron chi connectivity index (χ3n) is 3.90. The number of rotatable bonds is 3. The third-order valence-corrected chi connectivity index (χ3v) is 3.90. The van der Waals surface area contributed by atoms with E-state index in [-0.39, 0.29) is 5.82 Å². The summed E-state index contributed by atoms with van der Waals surface area (Å²) in [6.07, 6.45) is 6.09. The third kappa shape index (κ3) is 2.72. The lowest BCUT2D eigenvalue weighted by Gasteiger charge is -2.29. The predicted molar refractivity (Wildman–Crippen MR) is 76.2 cm³/mol. The van der Waals surface area contributed by atoms with Crippen molar-refractivity contribution in [2.45, 2.75) is 37.8 Å². The van der Waals surface area contributed by atoms with Crippen molar-refractivity contribution in [3.63, 3.8) is 0 Å². The monoisotopic (exact) mass is 275 g/mol. The molecule has 0 spiro atoms. The number of hydrogen-bond acceptors (Lipinski definition) is 4. The van der Waals surface area contributed by atoms with E-state index in [9.17, 15) is 4.39 Å². The van der Waals surface area contributed by atoms with Crippen molar-refractivity contribution in [1.29, 1.82) is 0 Å². The number of halogens is 1. The SMILES string of the molecule is COC1CCCC(Nc2ncnc3ccc(F)cc23)C1. The summed E-state index contributed by atoms with van der Waals surface area (Å²) in [5.74, 6) is 0.435. The number of anilines is 1. The Hall–Kier alpha value is -1.75. The minimum Gasteiger partial charge on any atom is -0.381 e. The molecule has 20 heavy (non-hydrogen) atoms. The van der Waals surface area contributed by atoms with Gasteiger partial charge in [-0.1, -0.05) is 0 Å². The van der Waals surface area contributed by atoms with Crippen LogP contribution in [-0.4, -0.2) is 29.2 Å². The Balaban J connectivity index is 1.85. The van der Waals surface area contributed by atoms with Crippen LogP contribution in [0.3, 0.4) is 0 Å². The van der Waals surface area contributed by atoms with Gasteiger partial charge in [-0.3, -0.25) is 0 Å². The summed E-state index contributed by atoms with van der Waals surface area (Å²) in [5, 5.41) is 4.15. The predicted octanol–water partition coefficient (Wildman–Crippen LogP) is 3.14. The second-order valence-electron chi connectivity index (χ2n) is 5.25. The van der Waals surface area contributed by atoms with Crippen molar-refractivity contribution in [2.24, 2.45) is 0 Å². The molecule has 3 rings (SSSR count). The van der Waals surface area contributed by atoms with Gasteiger partial charge in [-0.05, 0) is 43.9 Å². The first-order valence-corrected chi connectivity index (χ1v) is 6.96. The van der Waals surface area contributed by atoms with Crippen molar-refractivity contribution >= 4 is 16.7 Å². The quantitative estimate of drug-likeness (QED) is 0.934. The van der Waals surface area contributed by atoms with Crippen LogP contribution < -0.4 is 5.32 Å². The zero-order chi connectivity index (χ0) is 13.9. The standard InChI is InChI=1S/C15H18FN3O/c1-20-12-4-2-3-11(8-12)19-15-13-7-10(16)5-6-14(13)17-9-18-15/h5-7,9,11-12H,2-4,8H2,1H3,(H,17,18,19). The molecule has 1 aromatic heterocycles. The molecule has 0 saturated heterocycles. The molecular formula is C15H18FN3O. The van der Waals surface area contributed by atoms with Crippen LogP contribution in [0.4, 0.5) is 10.2 Å². The first kappa shape index (κ1) is 13.2.